The second-order valence-corrected chi connectivity index (χ2v) is 14.0. The summed E-state index contributed by atoms with van der Waals surface area (Å²) in [7, 11) is -0.245. The zero-order valence-corrected chi connectivity index (χ0v) is 26.4. The van der Waals surface area contributed by atoms with Crippen LogP contribution in [0.2, 0.25) is 5.02 Å². The van der Waals surface area contributed by atoms with Crippen LogP contribution in [-0.2, 0) is 27.2 Å². The van der Waals surface area contributed by atoms with E-state index in [2.05, 4.69) is 34.6 Å². The molecule has 0 bridgehead atoms. The number of benzene rings is 2. The van der Waals surface area contributed by atoms with Gasteiger partial charge in [-0.05, 0) is 97.7 Å². The molecule has 8 heteroatoms. The minimum atomic E-state index is -2.00. The molecule has 0 radical (unpaired) electrons. The molecule has 1 aliphatic heterocycles. The van der Waals surface area contributed by atoms with Crippen LogP contribution in [0.4, 0.5) is 5.69 Å². The van der Waals surface area contributed by atoms with E-state index in [4.69, 9.17) is 21.1 Å². The molecule has 0 saturated heterocycles. The van der Waals surface area contributed by atoms with E-state index in [1.165, 1.54) is 11.1 Å². The molecule has 1 amide bonds. The SMILES string of the molecule is C=CC[C@H](C)C/[SH](=O)=N\C(=O)c1ccc2c(c1)N(C[C@@H]1CC[C@H]1[C@H](C=C)OC)C[C@@]1(CCCc3cc(Cl)ccc31)CO2. The number of amides is 1. The summed E-state index contributed by atoms with van der Waals surface area (Å²) in [4.78, 5) is 15.6. The predicted octanol–water partition coefficient (Wildman–Crippen LogP) is 7.06. The first-order chi connectivity index (χ1) is 20.3. The number of carbonyl (C=O) groups excluding carboxylic acids is 1. The van der Waals surface area contributed by atoms with E-state index in [0.717, 1.165) is 68.1 Å². The summed E-state index contributed by atoms with van der Waals surface area (Å²) in [5, 5.41) is 0.761. The Bertz CT molecular complexity index is 1420. The number of carbonyl (C=O) groups is 1. The molecule has 1 heterocycles. The van der Waals surface area contributed by atoms with Crippen molar-refractivity contribution in [2.45, 2.75) is 57.0 Å². The van der Waals surface area contributed by atoms with Gasteiger partial charge in [-0.1, -0.05) is 36.7 Å². The molecule has 2 aliphatic carbocycles. The monoisotopic (exact) mass is 610 g/mol. The van der Waals surface area contributed by atoms with Crippen molar-refractivity contribution in [3.8, 4) is 5.75 Å². The summed E-state index contributed by atoms with van der Waals surface area (Å²) in [6.07, 6.45) is 9.78. The standard InChI is InChI=1S/C34H43ClN2O4S/c1-5-8-23(3)20-42(39)36-33(38)25-11-15-32-30(18-25)37(19-26-10-13-28(26)31(6-2)40-4)21-34(22-41-32)16-7-9-24-17-27(35)12-14-29(24)34/h5-6,11-12,14-15,17-18,23,26,28,31,42H,1-2,7-10,13,16,19-22H2,3-4H3/t23-,26-,28+,31-,34-/m0/s1. The maximum Gasteiger partial charge on any atom is 0.284 e. The van der Waals surface area contributed by atoms with Crippen LogP contribution in [0.25, 0.3) is 0 Å². The first-order valence-corrected chi connectivity index (χ1v) is 16.8. The van der Waals surface area contributed by atoms with Gasteiger partial charge in [0.2, 0.25) is 0 Å². The summed E-state index contributed by atoms with van der Waals surface area (Å²) in [6.45, 7) is 11.9. The lowest BCUT2D eigenvalue weighted by Gasteiger charge is -2.46. The minimum absolute atomic E-state index is 0.0180. The zero-order chi connectivity index (χ0) is 29.9. The fraction of sp³-hybridized carbons (Fsp3) is 0.500. The summed E-state index contributed by atoms with van der Waals surface area (Å²) in [6, 6.07) is 11.8. The molecule has 226 valence electrons. The van der Waals surface area contributed by atoms with Gasteiger partial charge in [0.25, 0.3) is 5.91 Å². The van der Waals surface area contributed by atoms with E-state index < -0.39 is 16.5 Å². The van der Waals surface area contributed by atoms with E-state index in [-0.39, 0.29) is 17.4 Å². The number of aryl methyl sites for hydroxylation is 1. The highest BCUT2D eigenvalue weighted by Gasteiger charge is 2.44. The van der Waals surface area contributed by atoms with Crippen LogP contribution < -0.4 is 9.64 Å². The number of halogens is 1. The number of hydrogen-bond donors (Lipinski definition) is 1. The lowest BCUT2D eigenvalue weighted by molar-refractivity contribution is 0.0135. The van der Waals surface area contributed by atoms with Gasteiger partial charge >= 0.3 is 0 Å². The fourth-order valence-electron chi connectivity index (χ4n) is 7.06. The Morgan fingerprint density at radius 3 is 2.83 bits per heavy atom. The van der Waals surface area contributed by atoms with Gasteiger partial charge in [-0.15, -0.1) is 13.2 Å². The second kappa shape index (κ2) is 13.4. The molecule has 42 heavy (non-hydrogen) atoms. The van der Waals surface area contributed by atoms with E-state index >= 15 is 0 Å². The van der Waals surface area contributed by atoms with E-state index in [9.17, 15) is 9.00 Å². The number of anilines is 1. The van der Waals surface area contributed by atoms with Gasteiger partial charge in [0.1, 0.15) is 5.75 Å². The van der Waals surface area contributed by atoms with Gasteiger partial charge in [-0.3, -0.25) is 9.00 Å². The lowest BCUT2D eigenvalue weighted by Crippen LogP contribution is -2.49. The molecule has 6 nitrogen and oxygen atoms in total. The number of thiol groups is 1. The van der Waals surface area contributed by atoms with Gasteiger partial charge in [0, 0.05) is 52.5 Å². The smallest absolute Gasteiger partial charge is 0.284 e. The predicted molar refractivity (Wildman–Crippen MR) is 173 cm³/mol. The molecule has 1 unspecified atom stereocenters. The third kappa shape index (κ3) is 6.48. The van der Waals surface area contributed by atoms with Gasteiger partial charge in [0.05, 0.1) is 18.4 Å². The third-order valence-electron chi connectivity index (χ3n) is 9.38. The summed E-state index contributed by atoms with van der Waals surface area (Å²) >= 11 is 6.40. The van der Waals surface area contributed by atoms with Crippen LogP contribution >= 0.6 is 11.6 Å². The highest BCUT2D eigenvalue weighted by Crippen LogP contribution is 2.47. The highest BCUT2D eigenvalue weighted by molar-refractivity contribution is 7.75. The third-order valence-corrected chi connectivity index (χ3v) is 11.0. The molecule has 1 saturated carbocycles. The van der Waals surface area contributed by atoms with E-state index in [1.807, 2.05) is 31.2 Å². The van der Waals surface area contributed by atoms with Crippen LogP contribution in [0, 0.1) is 17.8 Å². The minimum Gasteiger partial charge on any atom is -0.490 e. The van der Waals surface area contributed by atoms with Crippen molar-refractivity contribution < 1.29 is 18.5 Å². The first kappa shape index (κ1) is 30.8. The highest BCUT2D eigenvalue weighted by atomic mass is 35.5. The average molecular weight is 611 g/mol. The summed E-state index contributed by atoms with van der Waals surface area (Å²) < 4.78 is 29.1. The number of fused-ring (bicyclic) bond motifs is 3. The Labute approximate surface area is 257 Å². The number of allylic oxidation sites excluding steroid dienone is 1. The zero-order valence-electron chi connectivity index (χ0n) is 24.8. The summed E-state index contributed by atoms with van der Waals surface area (Å²) in [5.41, 5.74) is 3.72. The molecule has 1 fully saturated rings. The van der Waals surface area contributed by atoms with Gasteiger partial charge in [0.15, 0.2) is 0 Å². The van der Waals surface area contributed by atoms with Crippen LogP contribution in [0.3, 0.4) is 0 Å². The topological polar surface area (TPSA) is 68.2 Å². The van der Waals surface area contributed by atoms with Crippen LogP contribution in [0.15, 0.2) is 66.1 Å². The molecule has 0 aromatic heterocycles. The molecular formula is C34H43ClN2O4S. The van der Waals surface area contributed by atoms with Crippen molar-refractivity contribution in [2.75, 3.05) is 37.5 Å². The molecular weight excluding hydrogens is 568 g/mol. The molecule has 1 spiro atoms. The Balaban J connectivity index is 1.49. The number of ether oxygens (including phenoxy) is 2. The summed E-state index contributed by atoms with van der Waals surface area (Å²) in [5.74, 6) is 1.66. The van der Waals surface area contributed by atoms with Crippen molar-refractivity contribution in [1.29, 1.82) is 0 Å². The number of hydrogen-bond acceptors (Lipinski definition) is 5. The number of rotatable bonds is 10. The maximum absolute atomic E-state index is 13.2. The Morgan fingerprint density at radius 1 is 1.29 bits per heavy atom. The molecule has 0 N–H and O–H groups in total. The van der Waals surface area contributed by atoms with Crippen LogP contribution in [-0.4, -0.2) is 48.8 Å². The number of nitrogens with zero attached hydrogens (tertiary/aromatic N) is 2. The van der Waals surface area contributed by atoms with E-state index in [1.54, 1.807) is 19.3 Å². The van der Waals surface area contributed by atoms with Crippen LogP contribution in [0.1, 0.15) is 60.5 Å². The quantitative estimate of drug-likeness (QED) is 0.230. The Morgan fingerprint density at radius 2 is 2.12 bits per heavy atom. The maximum atomic E-state index is 13.2. The van der Waals surface area contributed by atoms with Gasteiger partial charge in [-0.2, -0.15) is 4.36 Å². The van der Waals surface area contributed by atoms with E-state index in [0.29, 0.717) is 29.8 Å². The molecule has 2 aromatic carbocycles. The second-order valence-electron chi connectivity index (χ2n) is 12.3. The van der Waals surface area contributed by atoms with Crippen molar-refractivity contribution in [3.05, 3.63) is 83.4 Å². The van der Waals surface area contributed by atoms with Crippen molar-refractivity contribution >= 4 is 33.8 Å². The molecule has 2 aromatic rings. The van der Waals surface area contributed by atoms with Crippen molar-refractivity contribution in [3.63, 3.8) is 0 Å². The lowest BCUT2D eigenvalue weighted by atomic mass is 9.68. The average Bonchev–Trinajstić information content (AvgIpc) is 3.10. The fourth-order valence-corrected chi connectivity index (χ4v) is 8.33. The molecule has 3 aliphatic rings. The molecule has 6 atom stereocenters. The van der Waals surface area contributed by atoms with Crippen molar-refractivity contribution in [1.82, 2.24) is 0 Å². The van der Waals surface area contributed by atoms with Gasteiger partial charge < -0.3 is 14.4 Å². The Kier molecular flexibility index (Phi) is 9.81. The Hall–Kier alpha value is -2.61. The number of methoxy groups -OCH3 is 1. The van der Waals surface area contributed by atoms with Gasteiger partial charge in [-0.25, -0.2) is 0 Å². The largest absolute Gasteiger partial charge is 0.490 e. The first-order valence-electron chi connectivity index (χ1n) is 15.0. The normalized spacial score (nSPS) is 25.3. The van der Waals surface area contributed by atoms with Crippen molar-refractivity contribution in [2.24, 2.45) is 22.1 Å². The molecule has 5 rings (SSSR count). The van der Waals surface area contributed by atoms with Crippen LogP contribution in [0.5, 0.6) is 5.75 Å².